The van der Waals surface area contributed by atoms with Crippen molar-refractivity contribution in [3.63, 3.8) is 0 Å². The Labute approximate surface area is 56.6 Å². The van der Waals surface area contributed by atoms with Gasteiger partial charge in [0.15, 0.2) is 0 Å². The van der Waals surface area contributed by atoms with Crippen LogP contribution in [0.4, 0.5) is 0 Å². The third-order valence-corrected chi connectivity index (χ3v) is 0. The summed E-state index contributed by atoms with van der Waals surface area (Å²) in [5.74, 6) is 0. The molecule has 0 aliphatic carbocycles. The van der Waals surface area contributed by atoms with Crippen molar-refractivity contribution in [1.29, 1.82) is 0 Å². The maximum Gasteiger partial charge on any atom is 2.00 e. The van der Waals surface area contributed by atoms with Crippen LogP contribution in [0.3, 0.4) is 0 Å². The molecule has 2 nitrogen and oxygen atoms in total. The van der Waals surface area contributed by atoms with Crippen LogP contribution in [0.15, 0.2) is 0 Å². The molecule has 0 bridgehead atoms. The van der Waals surface area contributed by atoms with E-state index in [0.717, 1.165) is 0 Å². The Morgan fingerprint density at radius 2 is 0.800 bits per heavy atom. The second-order valence-corrected chi connectivity index (χ2v) is 0. The van der Waals surface area contributed by atoms with Gasteiger partial charge in [0.05, 0.1) is 0 Å². The zero-order chi connectivity index (χ0) is 4.00. The molecule has 0 aliphatic rings. The van der Waals surface area contributed by atoms with E-state index in [1.54, 1.807) is 0 Å². The summed E-state index contributed by atoms with van der Waals surface area (Å²) in [7, 11) is 0. The maximum absolute atomic E-state index is 7.81. The minimum Gasteiger partial charge on any atom is 2.00 e. The SMILES string of the molecule is [O]=[Cu-].[O]=[Cu-].[Se+2]. The molecule has 5 heteroatoms. The Balaban J connectivity index is -0.0000000133. The molecule has 0 atom stereocenters. The van der Waals surface area contributed by atoms with Crippen LogP contribution < -0.4 is 0 Å². The third kappa shape index (κ3) is 38.3. The van der Waals surface area contributed by atoms with Gasteiger partial charge in [-0.15, -0.1) is 0 Å². The zero-order valence-corrected chi connectivity index (χ0v) is 5.42. The van der Waals surface area contributed by atoms with Gasteiger partial charge in [0.25, 0.3) is 0 Å². The first-order valence-electron chi connectivity index (χ1n) is 0.246. The standard InChI is InChI=1S/2Cu.2O.Se/q2*-1;;;+2. The normalized spacial score (nSPS) is 2.40. The van der Waals surface area contributed by atoms with E-state index in [2.05, 4.69) is 31.9 Å². The quantitative estimate of drug-likeness (QED) is 0.527. The van der Waals surface area contributed by atoms with E-state index in [9.17, 15) is 0 Å². The third-order valence-electron chi connectivity index (χ3n) is 0. The van der Waals surface area contributed by atoms with Gasteiger partial charge in [-0.3, -0.25) is 0 Å². The van der Waals surface area contributed by atoms with Crippen LogP contribution in [-0.4, -0.2) is 17.1 Å². The van der Waals surface area contributed by atoms with Crippen LogP contribution in [0, 0.1) is 0 Å². The average molecular weight is 238 g/mol. The second-order valence-electron chi connectivity index (χ2n) is 0. The van der Waals surface area contributed by atoms with E-state index >= 15 is 0 Å². The number of hydrogen-bond donors (Lipinski definition) is 0. The van der Waals surface area contributed by atoms with Gasteiger partial charge in [0.1, 0.15) is 0 Å². The summed E-state index contributed by atoms with van der Waals surface area (Å²) in [6.45, 7) is 0. The van der Waals surface area contributed by atoms with Gasteiger partial charge in [0, 0.05) is 0 Å². The van der Waals surface area contributed by atoms with E-state index in [1.807, 2.05) is 0 Å². The van der Waals surface area contributed by atoms with Crippen molar-refractivity contribution >= 4 is 17.1 Å². The fourth-order valence-electron chi connectivity index (χ4n) is 0. The molecule has 5 heavy (non-hydrogen) atoms. The summed E-state index contributed by atoms with van der Waals surface area (Å²) < 4.78 is 15.6. The van der Waals surface area contributed by atoms with Gasteiger partial charge in [-0.2, -0.15) is 0 Å². The zero-order valence-electron chi connectivity index (χ0n) is 1.83. The molecular weight excluding hydrogens is 238 g/mol. The van der Waals surface area contributed by atoms with Gasteiger partial charge < -0.3 is 0 Å². The van der Waals surface area contributed by atoms with Crippen molar-refractivity contribution in [2.45, 2.75) is 0 Å². The van der Waals surface area contributed by atoms with Crippen molar-refractivity contribution in [1.82, 2.24) is 0 Å². The van der Waals surface area contributed by atoms with E-state index in [-0.39, 0.29) is 17.1 Å². The van der Waals surface area contributed by atoms with Crippen molar-refractivity contribution in [3.05, 3.63) is 0 Å². The Bertz CT molecular complexity index is 9.61. The minimum absolute atomic E-state index is 0. The Hall–Kier alpha value is 1.16. The molecule has 0 aromatic heterocycles. The molecule has 0 N–H and O–H groups in total. The molecule has 0 spiro atoms. The molecule has 0 aromatic carbocycles. The van der Waals surface area contributed by atoms with Gasteiger partial charge in [0.2, 0.25) is 0 Å². The molecule has 0 saturated heterocycles. The maximum atomic E-state index is 7.81. The van der Waals surface area contributed by atoms with Crippen LogP contribution in [0.1, 0.15) is 0 Å². The fraction of sp³-hybridized carbons (Fsp3) is 0. The Morgan fingerprint density at radius 1 is 0.800 bits per heavy atom. The number of hydrogen-bond acceptors (Lipinski definition) is 2. The summed E-state index contributed by atoms with van der Waals surface area (Å²) >= 11 is 5.88. The molecule has 0 unspecified atom stereocenters. The number of rotatable bonds is 0. The smallest absolute Gasteiger partial charge is 2.00 e. The predicted octanol–water partition coefficient (Wildman–Crippen LogP) is -0.623. The van der Waals surface area contributed by atoms with Crippen LogP contribution in [-0.2, 0) is 39.6 Å². The first-order valence-corrected chi connectivity index (χ1v) is 1.02. The summed E-state index contributed by atoms with van der Waals surface area (Å²) in [6.07, 6.45) is 0. The van der Waals surface area contributed by atoms with E-state index in [1.165, 1.54) is 0 Å². The average Bonchev–Trinajstić information content (AvgIpc) is 1.50. The van der Waals surface area contributed by atoms with Crippen LogP contribution in [0.2, 0.25) is 0 Å². The Morgan fingerprint density at radius 3 is 0.800 bits per heavy atom. The molecular formula is Cu2O2Se. The first kappa shape index (κ1) is 16.4. The van der Waals surface area contributed by atoms with Gasteiger partial charge in [-0.25, -0.2) is 0 Å². The second kappa shape index (κ2) is 66.5. The predicted molar refractivity (Wildman–Crippen MR) is 7.13 cm³/mol. The summed E-state index contributed by atoms with van der Waals surface area (Å²) in [5, 5.41) is 0. The molecule has 40 valence electrons. The largest absolute Gasteiger partial charge is 2.00 e. The van der Waals surface area contributed by atoms with Gasteiger partial charge in [-0.05, 0) is 0 Å². The van der Waals surface area contributed by atoms with Gasteiger partial charge in [-0.1, -0.05) is 0 Å². The summed E-state index contributed by atoms with van der Waals surface area (Å²) in [6, 6.07) is 0. The van der Waals surface area contributed by atoms with Crippen molar-refractivity contribution in [2.75, 3.05) is 0 Å². The van der Waals surface area contributed by atoms with E-state index in [0.29, 0.717) is 0 Å². The van der Waals surface area contributed by atoms with Crippen LogP contribution in [0.5, 0.6) is 0 Å². The summed E-state index contributed by atoms with van der Waals surface area (Å²) in [5.41, 5.74) is 0. The van der Waals surface area contributed by atoms with Crippen LogP contribution in [0.25, 0.3) is 0 Å². The van der Waals surface area contributed by atoms with E-state index < -0.39 is 0 Å². The molecule has 0 rings (SSSR count). The van der Waals surface area contributed by atoms with E-state index in [4.69, 9.17) is 7.67 Å². The van der Waals surface area contributed by atoms with Crippen molar-refractivity contribution in [2.24, 2.45) is 0 Å². The monoisotopic (exact) mass is 238 g/mol. The molecule has 0 amide bonds. The Kier molecular flexibility index (Phi) is 218. The molecule has 0 saturated carbocycles. The topological polar surface area (TPSA) is 34.1 Å². The van der Waals surface area contributed by atoms with Crippen molar-refractivity contribution in [3.8, 4) is 0 Å². The van der Waals surface area contributed by atoms with Gasteiger partial charge >= 0.3 is 56.6 Å². The minimum atomic E-state index is 0. The molecule has 0 aliphatic heterocycles. The van der Waals surface area contributed by atoms with Crippen molar-refractivity contribution < 1.29 is 39.6 Å². The molecule has 0 heterocycles. The summed E-state index contributed by atoms with van der Waals surface area (Å²) in [4.78, 5) is 0. The molecule has 0 aromatic rings. The first-order chi connectivity index (χ1) is 2.00. The molecule has 0 fully saturated rings. The fourth-order valence-corrected chi connectivity index (χ4v) is 0. The molecule has 4 radical (unpaired) electrons. The van der Waals surface area contributed by atoms with Crippen LogP contribution >= 0.6 is 0 Å².